The Labute approximate surface area is 128 Å². The molecule has 1 heterocycles. The van der Waals surface area contributed by atoms with E-state index >= 15 is 0 Å². The smallest absolute Gasteiger partial charge is 0.175 e. The van der Waals surface area contributed by atoms with Gasteiger partial charge in [0.2, 0.25) is 0 Å². The predicted molar refractivity (Wildman–Crippen MR) is 81.6 cm³/mol. The highest BCUT2D eigenvalue weighted by atomic mass is 79.9. The molecule has 1 aromatic heterocycles. The molecule has 0 spiro atoms. The molecule has 0 bridgehead atoms. The summed E-state index contributed by atoms with van der Waals surface area (Å²) in [5.41, 5.74) is 0.718. The van der Waals surface area contributed by atoms with Crippen LogP contribution in [0, 0.1) is 11.7 Å². The molecule has 0 saturated carbocycles. The van der Waals surface area contributed by atoms with E-state index in [1.54, 1.807) is 6.07 Å². The minimum Gasteiger partial charge on any atom is -0.293 e. The van der Waals surface area contributed by atoms with E-state index < -0.39 is 5.82 Å². The summed E-state index contributed by atoms with van der Waals surface area (Å²) in [5.74, 6) is -0.333. The van der Waals surface area contributed by atoms with Crippen LogP contribution in [-0.4, -0.2) is 5.78 Å². The molecule has 0 amide bonds. The van der Waals surface area contributed by atoms with Gasteiger partial charge in [0.05, 0.1) is 9.90 Å². The molecule has 0 saturated heterocycles. The minimum absolute atomic E-state index is 0.0429. The molecule has 1 aromatic carbocycles. The average Bonchev–Trinajstić information content (AvgIpc) is 2.75. The number of thiophene rings is 1. The monoisotopic (exact) mass is 360 g/mol. The van der Waals surface area contributed by atoms with Crippen LogP contribution < -0.4 is 0 Å². The second-order valence-corrected chi connectivity index (χ2v) is 6.77. The molecular weight excluding hydrogens is 351 g/mol. The zero-order valence-corrected chi connectivity index (χ0v) is 13.5. The van der Waals surface area contributed by atoms with Crippen molar-refractivity contribution >= 4 is 44.7 Å². The van der Waals surface area contributed by atoms with Crippen molar-refractivity contribution in [1.82, 2.24) is 0 Å². The van der Waals surface area contributed by atoms with Crippen molar-refractivity contribution in [3.8, 4) is 10.4 Å². The first-order valence-corrected chi connectivity index (χ1v) is 7.68. The lowest BCUT2D eigenvalue weighted by Crippen LogP contribution is -2.04. The third-order valence-corrected chi connectivity index (χ3v) is 4.67. The summed E-state index contributed by atoms with van der Waals surface area (Å²) >= 11 is 10.7. The van der Waals surface area contributed by atoms with Crippen molar-refractivity contribution in [3.63, 3.8) is 0 Å². The molecule has 0 aliphatic rings. The Bertz CT molecular complexity index is 613. The van der Waals surface area contributed by atoms with Gasteiger partial charge in [-0.15, -0.1) is 11.3 Å². The highest BCUT2D eigenvalue weighted by molar-refractivity contribution is 9.10. The lowest BCUT2D eigenvalue weighted by Gasteiger charge is -2.05. The third kappa shape index (κ3) is 3.07. The van der Waals surface area contributed by atoms with Crippen LogP contribution in [0.3, 0.4) is 0 Å². The van der Waals surface area contributed by atoms with E-state index in [9.17, 15) is 9.18 Å². The average molecular weight is 362 g/mol. The van der Waals surface area contributed by atoms with Crippen LogP contribution in [-0.2, 0) is 0 Å². The standard InChI is InChI=1S/C14H11BrClFOS/c1-7(2)14(18)12-4-3-11(19-12)13-9(15)5-8(17)6-10(13)16/h3-7H,1-2H3. The predicted octanol–water partition coefficient (Wildman–Crippen LogP) is 5.81. The van der Waals surface area contributed by atoms with Gasteiger partial charge in [-0.05, 0) is 40.2 Å². The summed E-state index contributed by atoms with van der Waals surface area (Å²) in [6.45, 7) is 3.73. The first-order valence-electron chi connectivity index (χ1n) is 5.69. The van der Waals surface area contributed by atoms with E-state index in [-0.39, 0.29) is 11.7 Å². The molecule has 5 heteroatoms. The summed E-state index contributed by atoms with van der Waals surface area (Å²) in [7, 11) is 0. The maximum atomic E-state index is 13.2. The number of benzene rings is 1. The van der Waals surface area contributed by atoms with Gasteiger partial charge < -0.3 is 0 Å². The number of hydrogen-bond acceptors (Lipinski definition) is 2. The van der Waals surface area contributed by atoms with Crippen LogP contribution in [0.25, 0.3) is 10.4 Å². The summed E-state index contributed by atoms with van der Waals surface area (Å²) in [4.78, 5) is 13.5. The Morgan fingerprint density at radius 1 is 1.37 bits per heavy atom. The molecule has 0 aliphatic heterocycles. The van der Waals surface area contributed by atoms with E-state index in [0.717, 1.165) is 10.4 Å². The van der Waals surface area contributed by atoms with E-state index in [1.807, 2.05) is 19.9 Å². The number of carbonyl (C=O) groups is 1. The van der Waals surface area contributed by atoms with Crippen molar-refractivity contribution in [1.29, 1.82) is 0 Å². The van der Waals surface area contributed by atoms with Crippen LogP contribution in [0.4, 0.5) is 4.39 Å². The second kappa shape index (κ2) is 5.73. The summed E-state index contributed by atoms with van der Waals surface area (Å²) in [5, 5.41) is 0.331. The second-order valence-electron chi connectivity index (χ2n) is 4.43. The number of ketones is 1. The molecule has 19 heavy (non-hydrogen) atoms. The highest BCUT2D eigenvalue weighted by Gasteiger charge is 2.17. The molecule has 1 nitrogen and oxygen atoms in total. The summed E-state index contributed by atoms with van der Waals surface area (Å²) in [6.07, 6.45) is 0. The first kappa shape index (κ1) is 14.7. The number of halogens is 3. The normalized spacial score (nSPS) is 11.1. The van der Waals surface area contributed by atoms with Gasteiger partial charge in [-0.25, -0.2) is 4.39 Å². The van der Waals surface area contributed by atoms with Gasteiger partial charge in [0.15, 0.2) is 5.78 Å². The molecule has 0 fully saturated rings. The summed E-state index contributed by atoms with van der Waals surface area (Å²) in [6, 6.07) is 6.26. The fourth-order valence-corrected chi connectivity index (χ4v) is 4.09. The fraction of sp³-hybridized carbons (Fsp3) is 0.214. The molecule has 2 rings (SSSR count). The number of rotatable bonds is 3. The Morgan fingerprint density at radius 3 is 2.63 bits per heavy atom. The molecular formula is C14H11BrClFOS. The van der Waals surface area contributed by atoms with Crippen LogP contribution in [0.15, 0.2) is 28.7 Å². The maximum Gasteiger partial charge on any atom is 0.175 e. The Balaban J connectivity index is 2.47. The van der Waals surface area contributed by atoms with E-state index in [0.29, 0.717) is 14.4 Å². The lowest BCUT2D eigenvalue weighted by atomic mass is 10.1. The van der Waals surface area contributed by atoms with Crippen LogP contribution in [0.2, 0.25) is 5.02 Å². The minimum atomic E-state index is -0.393. The number of Topliss-reactive ketones (excluding diaryl/α,β-unsaturated/α-hetero) is 1. The molecule has 100 valence electrons. The van der Waals surface area contributed by atoms with Gasteiger partial charge in [-0.1, -0.05) is 25.4 Å². The SMILES string of the molecule is CC(C)C(=O)c1ccc(-c2c(Cl)cc(F)cc2Br)s1. The van der Waals surface area contributed by atoms with Crippen LogP contribution in [0.1, 0.15) is 23.5 Å². The van der Waals surface area contributed by atoms with E-state index in [4.69, 9.17) is 11.6 Å². The molecule has 0 radical (unpaired) electrons. The number of carbonyl (C=O) groups excluding carboxylic acids is 1. The van der Waals surface area contributed by atoms with Gasteiger partial charge in [0, 0.05) is 20.8 Å². The topological polar surface area (TPSA) is 17.1 Å². The van der Waals surface area contributed by atoms with Crippen molar-refractivity contribution in [2.75, 3.05) is 0 Å². The highest BCUT2D eigenvalue weighted by Crippen LogP contribution is 2.39. The molecule has 2 aromatic rings. The molecule has 0 aliphatic carbocycles. The number of hydrogen-bond donors (Lipinski definition) is 0. The van der Waals surface area contributed by atoms with Crippen LogP contribution in [0.5, 0.6) is 0 Å². The zero-order chi connectivity index (χ0) is 14.2. The van der Waals surface area contributed by atoms with Crippen molar-refractivity contribution in [2.45, 2.75) is 13.8 Å². The largest absolute Gasteiger partial charge is 0.293 e. The molecule has 0 unspecified atom stereocenters. The molecule has 0 atom stereocenters. The van der Waals surface area contributed by atoms with Gasteiger partial charge in [0.1, 0.15) is 5.82 Å². The van der Waals surface area contributed by atoms with Crippen molar-refractivity contribution < 1.29 is 9.18 Å². The van der Waals surface area contributed by atoms with Gasteiger partial charge in [0.25, 0.3) is 0 Å². The summed E-state index contributed by atoms with van der Waals surface area (Å²) < 4.78 is 13.8. The Kier molecular flexibility index (Phi) is 4.43. The van der Waals surface area contributed by atoms with Gasteiger partial charge >= 0.3 is 0 Å². The Morgan fingerprint density at radius 2 is 2.05 bits per heavy atom. The van der Waals surface area contributed by atoms with Gasteiger partial charge in [-0.2, -0.15) is 0 Å². The van der Waals surface area contributed by atoms with Crippen LogP contribution >= 0.6 is 38.9 Å². The maximum absolute atomic E-state index is 13.2. The fourth-order valence-electron chi connectivity index (χ4n) is 1.67. The zero-order valence-electron chi connectivity index (χ0n) is 10.3. The first-order chi connectivity index (χ1) is 8.90. The van der Waals surface area contributed by atoms with Crippen molar-refractivity contribution in [2.24, 2.45) is 5.92 Å². The third-order valence-electron chi connectivity index (χ3n) is 2.63. The quantitative estimate of drug-likeness (QED) is 0.631. The Hall–Kier alpha value is -0.710. The van der Waals surface area contributed by atoms with E-state index in [1.165, 1.54) is 23.5 Å². The lowest BCUT2D eigenvalue weighted by molar-refractivity contribution is 0.0943. The molecule has 0 N–H and O–H groups in total. The van der Waals surface area contributed by atoms with Gasteiger partial charge in [-0.3, -0.25) is 4.79 Å². The van der Waals surface area contributed by atoms with E-state index in [2.05, 4.69) is 15.9 Å². The van der Waals surface area contributed by atoms with Crippen molar-refractivity contribution in [3.05, 3.63) is 44.5 Å².